The molecule has 5 rings (SSSR count). The van der Waals surface area contributed by atoms with Crippen molar-refractivity contribution in [3.63, 3.8) is 0 Å². The Kier molecular flexibility index (Phi) is 9.39. The van der Waals surface area contributed by atoms with Crippen molar-refractivity contribution in [3.8, 4) is 17.2 Å². The van der Waals surface area contributed by atoms with E-state index < -0.39 is 0 Å². The second-order valence-electron chi connectivity index (χ2n) is 10.4. The summed E-state index contributed by atoms with van der Waals surface area (Å²) in [7, 11) is 3.21. The van der Waals surface area contributed by atoms with Crippen LogP contribution in [0.4, 0.5) is 0 Å². The zero-order valence-electron chi connectivity index (χ0n) is 24.1. The average molecular weight is 565 g/mol. The highest BCUT2D eigenvalue weighted by atomic mass is 16.5. The van der Waals surface area contributed by atoms with E-state index in [9.17, 15) is 9.59 Å². The normalized spacial score (nSPS) is 14.9. The van der Waals surface area contributed by atoms with E-state index in [1.165, 1.54) is 5.56 Å². The standard InChI is InChI=1S/C35H36N2O5/c1-40-31-18-15-29(16-19-31)35(39)36-23-30(17-13-26-9-5-3-6-10-26)37(34(38)24-36)22-28-14-20-32(33(21-28)41-2)42-25-27-11-7-4-8-12-27/h3-12,14-16,18-21,30H,13,17,22-25H2,1-2H3/t30-/m0/s1. The number of carbonyl (C=O) groups is 2. The highest BCUT2D eigenvalue weighted by Crippen LogP contribution is 2.30. The van der Waals surface area contributed by atoms with Crippen LogP contribution in [0.1, 0.15) is 33.5 Å². The third-order valence-electron chi connectivity index (χ3n) is 7.57. The van der Waals surface area contributed by atoms with Crippen LogP contribution in [0.2, 0.25) is 0 Å². The van der Waals surface area contributed by atoms with Gasteiger partial charge in [-0.05, 0) is 65.9 Å². The average Bonchev–Trinajstić information content (AvgIpc) is 3.04. The van der Waals surface area contributed by atoms with Gasteiger partial charge in [0.05, 0.1) is 20.3 Å². The number of piperazine rings is 1. The first-order valence-electron chi connectivity index (χ1n) is 14.1. The second kappa shape index (κ2) is 13.7. The first-order valence-corrected chi connectivity index (χ1v) is 14.1. The van der Waals surface area contributed by atoms with Crippen molar-refractivity contribution >= 4 is 11.8 Å². The number of carbonyl (C=O) groups excluding carboxylic acids is 2. The molecule has 1 heterocycles. The first kappa shape index (κ1) is 28.7. The van der Waals surface area contributed by atoms with Gasteiger partial charge in [0.1, 0.15) is 18.9 Å². The predicted molar refractivity (Wildman–Crippen MR) is 162 cm³/mol. The summed E-state index contributed by atoms with van der Waals surface area (Å²) < 4.78 is 16.9. The minimum absolute atomic E-state index is 0.0299. The van der Waals surface area contributed by atoms with E-state index in [0.29, 0.717) is 42.5 Å². The quantitative estimate of drug-likeness (QED) is 0.231. The van der Waals surface area contributed by atoms with Crippen molar-refractivity contribution in [1.82, 2.24) is 9.80 Å². The summed E-state index contributed by atoms with van der Waals surface area (Å²) in [6.07, 6.45) is 1.53. The van der Waals surface area contributed by atoms with Crippen molar-refractivity contribution in [1.29, 1.82) is 0 Å². The minimum atomic E-state index is -0.156. The summed E-state index contributed by atoms with van der Waals surface area (Å²) >= 11 is 0. The molecule has 0 aliphatic carbocycles. The van der Waals surface area contributed by atoms with E-state index >= 15 is 0 Å². The van der Waals surface area contributed by atoms with Crippen molar-refractivity contribution in [2.75, 3.05) is 27.3 Å². The molecule has 0 saturated carbocycles. The number of amides is 2. The molecule has 42 heavy (non-hydrogen) atoms. The third-order valence-corrected chi connectivity index (χ3v) is 7.57. The molecule has 1 fully saturated rings. The van der Waals surface area contributed by atoms with Crippen molar-refractivity contribution < 1.29 is 23.8 Å². The molecule has 0 N–H and O–H groups in total. The van der Waals surface area contributed by atoms with E-state index in [1.807, 2.05) is 71.6 Å². The highest BCUT2D eigenvalue weighted by Gasteiger charge is 2.35. The van der Waals surface area contributed by atoms with Gasteiger partial charge >= 0.3 is 0 Å². The molecule has 4 aromatic carbocycles. The van der Waals surface area contributed by atoms with Crippen LogP contribution in [0.5, 0.6) is 17.2 Å². The lowest BCUT2D eigenvalue weighted by Gasteiger charge is -2.41. The molecule has 0 radical (unpaired) electrons. The van der Waals surface area contributed by atoms with Crippen LogP contribution in [0, 0.1) is 0 Å². The lowest BCUT2D eigenvalue weighted by atomic mass is 10.00. The van der Waals surface area contributed by atoms with E-state index in [0.717, 1.165) is 24.0 Å². The number of nitrogens with zero attached hydrogens (tertiary/aromatic N) is 2. The van der Waals surface area contributed by atoms with Crippen molar-refractivity contribution in [2.45, 2.75) is 32.0 Å². The fraction of sp³-hybridized carbons (Fsp3) is 0.257. The van der Waals surface area contributed by atoms with Gasteiger partial charge in [0.15, 0.2) is 11.5 Å². The Balaban J connectivity index is 1.32. The number of benzene rings is 4. The Hall–Kier alpha value is -4.78. The minimum Gasteiger partial charge on any atom is -0.497 e. The molecule has 1 saturated heterocycles. The number of methoxy groups -OCH3 is 2. The summed E-state index contributed by atoms with van der Waals surface area (Å²) in [5.74, 6) is 1.71. The Bertz CT molecular complexity index is 1470. The monoisotopic (exact) mass is 564 g/mol. The molecule has 0 spiro atoms. The molecule has 7 heteroatoms. The van der Waals surface area contributed by atoms with Crippen LogP contribution < -0.4 is 14.2 Å². The molecule has 4 aromatic rings. The maximum Gasteiger partial charge on any atom is 0.254 e. The van der Waals surface area contributed by atoms with Crippen LogP contribution in [-0.2, 0) is 24.4 Å². The number of ether oxygens (including phenoxy) is 3. The smallest absolute Gasteiger partial charge is 0.254 e. The number of rotatable bonds is 11. The maximum absolute atomic E-state index is 13.6. The van der Waals surface area contributed by atoms with Gasteiger partial charge in [-0.1, -0.05) is 66.7 Å². The Morgan fingerprint density at radius 3 is 2.14 bits per heavy atom. The van der Waals surface area contributed by atoms with Gasteiger partial charge < -0.3 is 24.0 Å². The summed E-state index contributed by atoms with van der Waals surface area (Å²) in [5.41, 5.74) is 3.74. The molecule has 216 valence electrons. The van der Waals surface area contributed by atoms with Gasteiger partial charge in [0.2, 0.25) is 5.91 Å². The van der Waals surface area contributed by atoms with Gasteiger partial charge in [0, 0.05) is 18.7 Å². The van der Waals surface area contributed by atoms with Crippen molar-refractivity contribution in [2.24, 2.45) is 0 Å². The van der Waals surface area contributed by atoms with Gasteiger partial charge in [-0.3, -0.25) is 9.59 Å². The lowest BCUT2D eigenvalue weighted by Crippen LogP contribution is -2.57. The first-order chi connectivity index (χ1) is 20.5. The van der Waals surface area contributed by atoms with Gasteiger partial charge in [-0.25, -0.2) is 0 Å². The highest BCUT2D eigenvalue weighted by molar-refractivity contribution is 5.97. The SMILES string of the molecule is COc1ccc(C(=O)N2CC(=O)N(Cc3ccc(OCc4ccccc4)c(OC)c3)[C@@H](CCc3ccccc3)C2)cc1. The summed E-state index contributed by atoms with van der Waals surface area (Å²) in [6, 6.07) is 32.8. The zero-order valence-corrected chi connectivity index (χ0v) is 24.1. The van der Waals surface area contributed by atoms with E-state index in [-0.39, 0.29) is 24.4 Å². The Morgan fingerprint density at radius 1 is 0.786 bits per heavy atom. The van der Waals surface area contributed by atoms with Gasteiger partial charge in [0.25, 0.3) is 5.91 Å². The summed E-state index contributed by atoms with van der Waals surface area (Å²) in [6.45, 7) is 1.33. The predicted octanol–water partition coefficient (Wildman–Crippen LogP) is 5.77. The van der Waals surface area contributed by atoms with Crippen LogP contribution >= 0.6 is 0 Å². The molecule has 0 bridgehead atoms. The largest absolute Gasteiger partial charge is 0.497 e. The second-order valence-corrected chi connectivity index (χ2v) is 10.4. The fourth-order valence-corrected chi connectivity index (χ4v) is 5.25. The van der Waals surface area contributed by atoms with E-state index in [1.54, 1.807) is 43.4 Å². The molecular weight excluding hydrogens is 528 g/mol. The topological polar surface area (TPSA) is 68.3 Å². The van der Waals surface area contributed by atoms with Gasteiger partial charge in [-0.2, -0.15) is 0 Å². The third kappa shape index (κ3) is 7.10. The zero-order chi connectivity index (χ0) is 29.3. The number of aryl methyl sites for hydroxylation is 1. The van der Waals surface area contributed by atoms with Crippen LogP contribution in [-0.4, -0.2) is 55.0 Å². The molecule has 1 aliphatic rings. The van der Waals surface area contributed by atoms with Gasteiger partial charge in [-0.15, -0.1) is 0 Å². The van der Waals surface area contributed by atoms with E-state index in [4.69, 9.17) is 14.2 Å². The van der Waals surface area contributed by atoms with Crippen molar-refractivity contribution in [3.05, 3.63) is 125 Å². The van der Waals surface area contributed by atoms with E-state index in [2.05, 4.69) is 12.1 Å². The Morgan fingerprint density at radius 2 is 1.48 bits per heavy atom. The number of hydrogen-bond acceptors (Lipinski definition) is 5. The number of hydrogen-bond donors (Lipinski definition) is 0. The van der Waals surface area contributed by atoms with Crippen LogP contribution in [0.3, 0.4) is 0 Å². The fourth-order valence-electron chi connectivity index (χ4n) is 5.25. The maximum atomic E-state index is 13.6. The Labute approximate surface area is 247 Å². The molecule has 0 aromatic heterocycles. The molecule has 0 unspecified atom stereocenters. The lowest BCUT2D eigenvalue weighted by molar-refractivity contribution is -0.139. The molecule has 1 atom stereocenters. The molecule has 7 nitrogen and oxygen atoms in total. The van der Waals surface area contributed by atoms with Crippen LogP contribution in [0.25, 0.3) is 0 Å². The summed E-state index contributed by atoms with van der Waals surface area (Å²) in [4.78, 5) is 30.6. The molecule has 1 aliphatic heterocycles. The summed E-state index contributed by atoms with van der Waals surface area (Å²) in [5, 5.41) is 0. The molecular formula is C35H36N2O5. The van der Waals surface area contributed by atoms with Crippen LogP contribution in [0.15, 0.2) is 103 Å². The molecule has 2 amide bonds.